The standard InChI is InChI=1S/C23H25FN8O/c24-21-20-16(9-12-26-21)17-13-27-23(29-22(17)32(20)14-3-1-2-4-14)28-18-5-6-19(31-30-18)33-15-7-10-25-11-8-15/h5-6,9,12-15,25H,1-4,7-8,10-11H2,(H,27,28,29,30). The molecular formula is C23H25FN8O. The fraction of sp³-hybridized carbons (Fsp3) is 0.435. The van der Waals surface area contributed by atoms with E-state index in [1.807, 2.05) is 10.6 Å². The van der Waals surface area contributed by atoms with Crippen molar-refractivity contribution in [2.24, 2.45) is 0 Å². The van der Waals surface area contributed by atoms with Crippen molar-refractivity contribution in [3.63, 3.8) is 0 Å². The van der Waals surface area contributed by atoms with Gasteiger partial charge in [-0.25, -0.2) is 9.97 Å². The lowest BCUT2D eigenvalue weighted by Crippen LogP contribution is -2.34. The van der Waals surface area contributed by atoms with Crippen molar-refractivity contribution in [1.82, 2.24) is 35.0 Å². The zero-order chi connectivity index (χ0) is 22.2. The smallest absolute Gasteiger partial charge is 0.237 e. The summed E-state index contributed by atoms with van der Waals surface area (Å²) in [5.41, 5.74) is 1.21. The van der Waals surface area contributed by atoms with Crippen molar-refractivity contribution in [2.75, 3.05) is 18.4 Å². The third kappa shape index (κ3) is 3.84. The van der Waals surface area contributed by atoms with Gasteiger partial charge in [0.1, 0.15) is 17.3 Å². The molecule has 2 aliphatic rings. The number of aromatic nitrogens is 6. The summed E-state index contributed by atoms with van der Waals surface area (Å²) in [6, 6.07) is 5.63. The molecule has 0 atom stereocenters. The number of hydrogen-bond donors (Lipinski definition) is 2. The van der Waals surface area contributed by atoms with E-state index in [4.69, 9.17) is 9.72 Å². The van der Waals surface area contributed by atoms with Crippen LogP contribution in [0.1, 0.15) is 44.6 Å². The average Bonchev–Trinajstić information content (AvgIpc) is 3.48. The summed E-state index contributed by atoms with van der Waals surface area (Å²) >= 11 is 0. The van der Waals surface area contributed by atoms with Crippen LogP contribution in [0.15, 0.2) is 30.6 Å². The Kier molecular flexibility index (Phi) is 5.21. The zero-order valence-corrected chi connectivity index (χ0v) is 18.2. The topological polar surface area (TPSA) is 103 Å². The molecule has 2 fully saturated rings. The van der Waals surface area contributed by atoms with E-state index < -0.39 is 5.95 Å². The number of rotatable bonds is 5. The van der Waals surface area contributed by atoms with Gasteiger partial charge in [0.2, 0.25) is 17.8 Å². The summed E-state index contributed by atoms with van der Waals surface area (Å²) < 4.78 is 22.7. The van der Waals surface area contributed by atoms with Gasteiger partial charge in [0.25, 0.3) is 0 Å². The third-order valence-corrected chi connectivity index (χ3v) is 6.55. The Morgan fingerprint density at radius 2 is 1.85 bits per heavy atom. The van der Waals surface area contributed by atoms with Crippen LogP contribution in [0, 0.1) is 5.95 Å². The number of ether oxygens (including phenoxy) is 1. The summed E-state index contributed by atoms with van der Waals surface area (Å²) in [7, 11) is 0. The second-order valence-corrected chi connectivity index (χ2v) is 8.69. The van der Waals surface area contributed by atoms with Gasteiger partial charge >= 0.3 is 0 Å². The Morgan fingerprint density at radius 1 is 1.00 bits per heavy atom. The molecule has 0 amide bonds. The number of pyridine rings is 1. The maximum absolute atomic E-state index is 14.8. The zero-order valence-electron chi connectivity index (χ0n) is 18.2. The first-order chi connectivity index (χ1) is 16.3. The first kappa shape index (κ1) is 20.2. The maximum atomic E-state index is 14.8. The van der Waals surface area contributed by atoms with Crippen molar-refractivity contribution in [2.45, 2.75) is 50.7 Å². The van der Waals surface area contributed by atoms with Crippen LogP contribution >= 0.6 is 0 Å². The van der Waals surface area contributed by atoms with Crippen LogP contribution in [0.2, 0.25) is 0 Å². The third-order valence-electron chi connectivity index (χ3n) is 6.55. The molecule has 0 bridgehead atoms. The number of anilines is 2. The molecule has 4 aromatic heterocycles. The van der Waals surface area contributed by atoms with E-state index in [2.05, 4.69) is 30.8 Å². The van der Waals surface area contributed by atoms with Crippen molar-refractivity contribution < 1.29 is 9.13 Å². The van der Waals surface area contributed by atoms with Gasteiger partial charge in [-0.2, -0.15) is 9.37 Å². The van der Waals surface area contributed by atoms with E-state index in [0.717, 1.165) is 62.4 Å². The first-order valence-electron chi connectivity index (χ1n) is 11.6. The average molecular weight is 449 g/mol. The highest BCUT2D eigenvalue weighted by atomic mass is 19.1. The molecule has 1 saturated carbocycles. The summed E-state index contributed by atoms with van der Waals surface area (Å²) in [6.45, 7) is 1.91. The van der Waals surface area contributed by atoms with Crippen molar-refractivity contribution in [3.05, 3.63) is 36.5 Å². The van der Waals surface area contributed by atoms with Gasteiger partial charge in [-0.05, 0) is 50.9 Å². The Hall–Kier alpha value is -3.40. The minimum absolute atomic E-state index is 0.164. The van der Waals surface area contributed by atoms with Crippen LogP contribution in [-0.2, 0) is 0 Å². The normalized spacial score (nSPS) is 17.7. The quantitative estimate of drug-likeness (QED) is 0.443. The summed E-state index contributed by atoms with van der Waals surface area (Å²) in [5.74, 6) is 0.942. The van der Waals surface area contributed by atoms with E-state index in [9.17, 15) is 4.39 Å². The van der Waals surface area contributed by atoms with Gasteiger partial charge in [-0.3, -0.25) is 0 Å². The second kappa shape index (κ2) is 8.51. The van der Waals surface area contributed by atoms with Gasteiger partial charge in [-0.1, -0.05) is 12.8 Å². The lowest BCUT2D eigenvalue weighted by Gasteiger charge is -2.22. The lowest BCUT2D eigenvalue weighted by atomic mass is 10.1. The number of piperidine rings is 1. The van der Waals surface area contributed by atoms with Crippen LogP contribution in [-0.4, -0.2) is 48.9 Å². The van der Waals surface area contributed by atoms with Crippen LogP contribution in [0.25, 0.3) is 21.9 Å². The van der Waals surface area contributed by atoms with E-state index >= 15 is 0 Å². The molecule has 0 radical (unpaired) electrons. The lowest BCUT2D eigenvalue weighted by molar-refractivity contribution is 0.154. The monoisotopic (exact) mass is 448 g/mol. The van der Waals surface area contributed by atoms with Crippen LogP contribution < -0.4 is 15.4 Å². The number of nitrogens with zero attached hydrogens (tertiary/aromatic N) is 6. The fourth-order valence-electron chi connectivity index (χ4n) is 4.95. The molecule has 1 aliphatic heterocycles. The Bertz CT molecular complexity index is 1280. The van der Waals surface area contributed by atoms with E-state index in [1.165, 1.54) is 6.20 Å². The van der Waals surface area contributed by atoms with Crippen LogP contribution in [0.5, 0.6) is 5.88 Å². The van der Waals surface area contributed by atoms with Gasteiger partial charge in [0.15, 0.2) is 5.82 Å². The second-order valence-electron chi connectivity index (χ2n) is 8.69. The molecule has 1 aliphatic carbocycles. The fourth-order valence-corrected chi connectivity index (χ4v) is 4.95. The SMILES string of the molecule is Fc1nccc2c3cnc(Nc4ccc(OC5CCNCC5)nn4)nc3n(C3CCCC3)c12. The highest BCUT2D eigenvalue weighted by Crippen LogP contribution is 2.38. The molecule has 170 valence electrons. The first-order valence-corrected chi connectivity index (χ1v) is 11.6. The highest BCUT2D eigenvalue weighted by Gasteiger charge is 2.25. The molecule has 5 heterocycles. The van der Waals surface area contributed by atoms with Crippen molar-refractivity contribution in [3.8, 4) is 5.88 Å². The molecule has 6 rings (SSSR count). The number of fused-ring (bicyclic) bond motifs is 3. The molecule has 1 saturated heterocycles. The molecule has 33 heavy (non-hydrogen) atoms. The van der Waals surface area contributed by atoms with Gasteiger partial charge < -0.3 is 19.9 Å². The van der Waals surface area contributed by atoms with Crippen LogP contribution in [0.4, 0.5) is 16.2 Å². The number of nitrogens with one attached hydrogen (secondary N) is 2. The molecule has 2 N–H and O–H groups in total. The summed E-state index contributed by atoms with van der Waals surface area (Å²) in [4.78, 5) is 13.1. The largest absolute Gasteiger partial charge is 0.473 e. The number of halogens is 1. The van der Waals surface area contributed by atoms with E-state index in [-0.39, 0.29) is 12.1 Å². The molecule has 10 heteroatoms. The molecular weight excluding hydrogens is 423 g/mol. The van der Waals surface area contributed by atoms with E-state index in [1.54, 1.807) is 18.3 Å². The van der Waals surface area contributed by atoms with Crippen LogP contribution in [0.3, 0.4) is 0 Å². The van der Waals surface area contributed by atoms with Gasteiger partial charge in [0, 0.05) is 35.3 Å². The molecule has 9 nitrogen and oxygen atoms in total. The van der Waals surface area contributed by atoms with Gasteiger partial charge in [0.05, 0.1) is 0 Å². The van der Waals surface area contributed by atoms with Gasteiger partial charge in [-0.15, -0.1) is 10.2 Å². The predicted molar refractivity (Wildman–Crippen MR) is 122 cm³/mol. The molecule has 4 aromatic rings. The number of hydrogen-bond acceptors (Lipinski definition) is 8. The molecule has 0 spiro atoms. The Balaban J connectivity index is 1.30. The predicted octanol–water partition coefficient (Wildman–Crippen LogP) is 3.90. The molecule has 0 unspecified atom stereocenters. The summed E-state index contributed by atoms with van der Waals surface area (Å²) in [5, 5.41) is 16.4. The van der Waals surface area contributed by atoms with E-state index in [0.29, 0.717) is 28.8 Å². The Labute approximate surface area is 189 Å². The van der Waals surface area contributed by atoms with Crippen molar-refractivity contribution >= 4 is 33.7 Å². The molecule has 0 aromatic carbocycles. The maximum Gasteiger partial charge on any atom is 0.237 e. The summed E-state index contributed by atoms with van der Waals surface area (Å²) in [6.07, 6.45) is 9.58. The highest BCUT2D eigenvalue weighted by molar-refractivity contribution is 6.06. The Morgan fingerprint density at radius 3 is 2.64 bits per heavy atom. The minimum atomic E-state index is -0.470. The van der Waals surface area contributed by atoms with Crippen molar-refractivity contribution in [1.29, 1.82) is 0 Å². The minimum Gasteiger partial charge on any atom is -0.473 e.